The van der Waals surface area contributed by atoms with Crippen molar-refractivity contribution in [3.8, 4) is 11.5 Å². The summed E-state index contributed by atoms with van der Waals surface area (Å²) < 4.78 is 10.6. The molecule has 0 aromatic heterocycles. The van der Waals surface area contributed by atoms with Gasteiger partial charge in [0.15, 0.2) is 11.5 Å². The zero-order chi connectivity index (χ0) is 13.5. The van der Waals surface area contributed by atoms with Gasteiger partial charge < -0.3 is 19.7 Å². The minimum atomic E-state index is -0.564. The van der Waals surface area contributed by atoms with Crippen molar-refractivity contribution in [2.75, 3.05) is 26.4 Å². The lowest BCUT2D eigenvalue weighted by Gasteiger charge is -2.12. The second-order valence-electron chi connectivity index (χ2n) is 3.15. The number of rotatable bonds is 7. The topological polar surface area (TPSA) is 102 Å². The van der Waals surface area contributed by atoms with E-state index in [-0.39, 0.29) is 48.1 Å². The zero-order valence-electron chi connectivity index (χ0n) is 9.34. The van der Waals surface area contributed by atoms with Crippen molar-refractivity contribution < 1.29 is 24.6 Å². The first-order valence-corrected chi connectivity index (χ1v) is 5.84. The molecule has 0 bridgehead atoms. The third-order valence-corrected chi connectivity index (χ3v) is 2.54. The molecule has 0 radical (unpaired) electrons. The van der Waals surface area contributed by atoms with E-state index >= 15 is 0 Å². The number of hydrogen-bond donors (Lipinski definition) is 2. The van der Waals surface area contributed by atoms with Crippen molar-refractivity contribution in [3.05, 3.63) is 26.7 Å². The number of benzene rings is 1. The molecule has 18 heavy (non-hydrogen) atoms. The fourth-order valence-electron chi connectivity index (χ4n) is 1.20. The highest BCUT2D eigenvalue weighted by Gasteiger charge is 2.18. The quantitative estimate of drug-likeness (QED) is 0.576. The highest BCUT2D eigenvalue weighted by molar-refractivity contribution is 9.10. The summed E-state index contributed by atoms with van der Waals surface area (Å²) in [6.07, 6.45) is 0. The third kappa shape index (κ3) is 3.83. The van der Waals surface area contributed by atoms with Crippen LogP contribution in [-0.4, -0.2) is 41.6 Å². The molecule has 8 heteroatoms. The Labute approximate surface area is 111 Å². The van der Waals surface area contributed by atoms with Gasteiger partial charge >= 0.3 is 0 Å². The predicted molar refractivity (Wildman–Crippen MR) is 66.0 cm³/mol. The van der Waals surface area contributed by atoms with E-state index in [1.165, 1.54) is 12.1 Å². The third-order valence-electron chi connectivity index (χ3n) is 1.91. The first-order chi connectivity index (χ1) is 8.60. The Morgan fingerprint density at radius 1 is 1.17 bits per heavy atom. The molecule has 0 saturated heterocycles. The molecule has 7 nitrogen and oxygen atoms in total. The first-order valence-electron chi connectivity index (χ1n) is 5.05. The van der Waals surface area contributed by atoms with Gasteiger partial charge in [-0.1, -0.05) is 0 Å². The fraction of sp³-hybridized carbons (Fsp3) is 0.400. The Kier molecular flexibility index (Phi) is 5.83. The second kappa shape index (κ2) is 7.14. The Hall–Kier alpha value is -1.38. The van der Waals surface area contributed by atoms with Crippen molar-refractivity contribution in [1.82, 2.24) is 0 Å². The van der Waals surface area contributed by atoms with Crippen molar-refractivity contribution in [2.24, 2.45) is 0 Å². The molecule has 1 rings (SSSR count). The number of aliphatic hydroxyl groups excluding tert-OH is 2. The zero-order valence-corrected chi connectivity index (χ0v) is 10.9. The van der Waals surface area contributed by atoms with Gasteiger partial charge in [-0.05, 0) is 15.9 Å². The standard InChI is InChI=1S/C10H12BrNO6/c11-7-5-9(17-3-1-13)10(18-4-2-14)6-8(7)12(15)16/h5-6,13-14H,1-4H2. The van der Waals surface area contributed by atoms with Gasteiger partial charge in [0.25, 0.3) is 5.69 Å². The van der Waals surface area contributed by atoms with Crippen LogP contribution in [0.25, 0.3) is 0 Å². The predicted octanol–water partition coefficient (Wildman–Crippen LogP) is 1.10. The molecule has 2 N–H and O–H groups in total. The van der Waals surface area contributed by atoms with Crippen LogP contribution in [0, 0.1) is 10.1 Å². The van der Waals surface area contributed by atoms with Gasteiger partial charge in [0.1, 0.15) is 13.2 Å². The highest BCUT2D eigenvalue weighted by Crippen LogP contribution is 2.37. The molecule has 0 atom stereocenters. The number of nitro benzene ring substituents is 1. The van der Waals surface area contributed by atoms with Gasteiger partial charge in [0.05, 0.1) is 28.7 Å². The van der Waals surface area contributed by atoms with Crippen LogP contribution in [-0.2, 0) is 0 Å². The van der Waals surface area contributed by atoms with E-state index in [1.807, 2.05) is 0 Å². The molecule has 0 fully saturated rings. The lowest BCUT2D eigenvalue weighted by molar-refractivity contribution is -0.385. The smallest absolute Gasteiger partial charge is 0.287 e. The van der Waals surface area contributed by atoms with Gasteiger partial charge in [0.2, 0.25) is 0 Å². The monoisotopic (exact) mass is 321 g/mol. The molecular weight excluding hydrogens is 310 g/mol. The summed E-state index contributed by atoms with van der Waals surface area (Å²) in [6, 6.07) is 2.59. The molecule has 0 unspecified atom stereocenters. The Balaban J connectivity index is 3.06. The number of hydrogen-bond acceptors (Lipinski definition) is 6. The van der Waals surface area contributed by atoms with Gasteiger partial charge in [-0.3, -0.25) is 10.1 Å². The summed E-state index contributed by atoms with van der Waals surface area (Å²) >= 11 is 3.05. The van der Waals surface area contributed by atoms with Crippen LogP contribution >= 0.6 is 15.9 Å². The largest absolute Gasteiger partial charge is 0.487 e. The van der Waals surface area contributed by atoms with E-state index in [2.05, 4.69) is 15.9 Å². The minimum Gasteiger partial charge on any atom is -0.487 e. The minimum absolute atomic E-state index is 0.00568. The molecule has 0 aliphatic rings. The summed E-state index contributed by atoms with van der Waals surface area (Å²) in [5, 5.41) is 28.1. The molecule has 1 aromatic rings. The summed E-state index contributed by atoms with van der Waals surface area (Å²) in [5.74, 6) is 0.405. The normalized spacial score (nSPS) is 10.2. The highest BCUT2D eigenvalue weighted by atomic mass is 79.9. The number of nitrogens with zero attached hydrogens (tertiary/aromatic N) is 1. The average Bonchev–Trinajstić information content (AvgIpc) is 2.34. The van der Waals surface area contributed by atoms with Gasteiger partial charge in [-0.15, -0.1) is 0 Å². The summed E-state index contributed by atoms with van der Waals surface area (Å²) in [7, 11) is 0. The van der Waals surface area contributed by atoms with E-state index in [0.717, 1.165) is 0 Å². The van der Waals surface area contributed by atoms with Gasteiger partial charge in [0, 0.05) is 6.07 Å². The van der Waals surface area contributed by atoms with Crippen LogP contribution in [0.3, 0.4) is 0 Å². The molecular formula is C10H12BrNO6. The van der Waals surface area contributed by atoms with Crippen molar-refractivity contribution in [1.29, 1.82) is 0 Å². The summed E-state index contributed by atoms with van der Waals surface area (Å²) in [4.78, 5) is 10.2. The van der Waals surface area contributed by atoms with Crippen LogP contribution in [0.1, 0.15) is 0 Å². The number of halogens is 1. The van der Waals surface area contributed by atoms with Crippen molar-refractivity contribution in [3.63, 3.8) is 0 Å². The molecule has 0 spiro atoms. The average molecular weight is 322 g/mol. The number of aliphatic hydroxyl groups is 2. The van der Waals surface area contributed by atoms with Crippen LogP contribution in [0.2, 0.25) is 0 Å². The van der Waals surface area contributed by atoms with Gasteiger partial charge in [-0.25, -0.2) is 0 Å². The maximum Gasteiger partial charge on any atom is 0.287 e. The van der Waals surface area contributed by atoms with Crippen LogP contribution in [0.5, 0.6) is 11.5 Å². The number of ether oxygens (including phenoxy) is 2. The lowest BCUT2D eigenvalue weighted by Crippen LogP contribution is -2.07. The number of nitro groups is 1. The van der Waals surface area contributed by atoms with E-state index in [4.69, 9.17) is 19.7 Å². The van der Waals surface area contributed by atoms with Crippen LogP contribution in [0.4, 0.5) is 5.69 Å². The fourth-order valence-corrected chi connectivity index (χ4v) is 1.67. The Morgan fingerprint density at radius 2 is 1.67 bits per heavy atom. The second-order valence-corrected chi connectivity index (χ2v) is 4.01. The van der Waals surface area contributed by atoms with E-state index in [0.29, 0.717) is 0 Å². The van der Waals surface area contributed by atoms with Crippen LogP contribution in [0.15, 0.2) is 16.6 Å². The molecule has 0 heterocycles. The maximum atomic E-state index is 10.8. The van der Waals surface area contributed by atoms with E-state index < -0.39 is 4.92 Å². The van der Waals surface area contributed by atoms with E-state index in [1.54, 1.807) is 0 Å². The summed E-state index contributed by atoms with van der Waals surface area (Å²) in [6.45, 7) is -0.370. The molecule has 0 aliphatic carbocycles. The van der Waals surface area contributed by atoms with Crippen LogP contribution < -0.4 is 9.47 Å². The Morgan fingerprint density at radius 3 is 2.11 bits per heavy atom. The molecule has 1 aromatic carbocycles. The van der Waals surface area contributed by atoms with E-state index in [9.17, 15) is 10.1 Å². The van der Waals surface area contributed by atoms with Crippen molar-refractivity contribution in [2.45, 2.75) is 0 Å². The molecule has 0 amide bonds. The molecule has 0 saturated carbocycles. The lowest BCUT2D eigenvalue weighted by atomic mass is 10.3. The Bertz CT molecular complexity index is 425. The van der Waals surface area contributed by atoms with Gasteiger partial charge in [-0.2, -0.15) is 0 Å². The van der Waals surface area contributed by atoms with Crippen molar-refractivity contribution >= 4 is 21.6 Å². The molecule has 0 aliphatic heterocycles. The first kappa shape index (κ1) is 14.7. The SMILES string of the molecule is O=[N+]([O-])c1cc(OCCO)c(OCCO)cc1Br. The maximum absolute atomic E-state index is 10.8. The summed E-state index contributed by atoms with van der Waals surface area (Å²) in [5.41, 5.74) is -0.167. The molecule has 100 valence electrons.